The van der Waals surface area contributed by atoms with Gasteiger partial charge in [-0.1, -0.05) is 66.7 Å². The Bertz CT molecular complexity index is 1310. The van der Waals surface area contributed by atoms with Gasteiger partial charge in [0.05, 0.1) is 0 Å². The Balaban J connectivity index is 1.51. The SMILES string of the molecule is C[C@@H](OC(=O)c1cc2ccccc2oc1=O)C(=O)Nc1ccccc1-c1ccccc1. The number of amides is 1. The molecule has 4 rings (SSSR count). The zero-order chi connectivity index (χ0) is 21.8. The molecule has 0 fully saturated rings. The van der Waals surface area contributed by atoms with Crippen molar-refractivity contribution in [1.82, 2.24) is 0 Å². The molecular weight excluding hydrogens is 394 g/mol. The minimum absolute atomic E-state index is 0.261. The van der Waals surface area contributed by atoms with Crippen LogP contribution in [0.5, 0.6) is 0 Å². The molecule has 0 saturated heterocycles. The topological polar surface area (TPSA) is 85.6 Å². The van der Waals surface area contributed by atoms with E-state index in [1.807, 2.05) is 42.5 Å². The highest BCUT2D eigenvalue weighted by Crippen LogP contribution is 2.27. The van der Waals surface area contributed by atoms with Gasteiger partial charge in [0.15, 0.2) is 6.10 Å². The molecule has 4 aromatic rings. The van der Waals surface area contributed by atoms with Crippen molar-refractivity contribution >= 4 is 28.5 Å². The fourth-order valence-electron chi connectivity index (χ4n) is 3.18. The molecule has 6 heteroatoms. The van der Waals surface area contributed by atoms with Crippen molar-refractivity contribution in [2.75, 3.05) is 5.32 Å². The number of carbonyl (C=O) groups is 2. The quantitative estimate of drug-likeness (QED) is 0.380. The minimum atomic E-state index is -1.12. The summed E-state index contributed by atoms with van der Waals surface area (Å²) in [5, 5.41) is 3.38. The van der Waals surface area contributed by atoms with Gasteiger partial charge < -0.3 is 14.5 Å². The maximum Gasteiger partial charge on any atom is 0.351 e. The molecule has 3 aromatic carbocycles. The van der Waals surface area contributed by atoms with Crippen molar-refractivity contribution < 1.29 is 18.7 Å². The highest BCUT2D eigenvalue weighted by molar-refractivity contribution is 6.00. The first-order valence-corrected chi connectivity index (χ1v) is 9.72. The lowest BCUT2D eigenvalue weighted by atomic mass is 10.0. The number of carbonyl (C=O) groups excluding carboxylic acids is 2. The first-order chi connectivity index (χ1) is 15.0. The van der Waals surface area contributed by atoms with Gasteiger partial charge >= 0.3 is 11.6 Å². The van der Waals surface area contributed by atoms with Crippen LogP contribution in [0, 0.1) is 0 Å². The highest BCUT2D eigenvalue weighted by atomic mass is 16.5. The van der Waals surface area contributed by atoms with Crippen LogP contribution in [-0.4, -0.2) is 18.0 Å². The van der Waals surface area contributed by atoms with Crippen LogP contribution in [0.1, 0.15) is 17.3 Å². The molecule has 31 heavy (non-hydrogen) atoms. The van der Waals surface area contributed by atoms with Crippen molar-refractivity contribution in [1.29, 1.82) is 0 Å². The molecule has 0 unspecified atom stereocenters. The molecule has 1 amide bonds. The Labute approximate surface area is 178 Å². The number of rotatable bonds is 5. The monoisotopic (exact) mass is 413 g/mol. The number of nitrogens with one attached hydrogen (secondary N) is 1. The first kappa shape index (κ1) is 20.1. The van der Waals surface area contributed by atoms with E-state index in [1.165, 1.54) is 13.0 Å². The Hall–Kier alpha value is -4.19. The zero-order valence-electron chi connectivity index (χ0n) is 16.7. The molecule has 154 valence electrons. The molecule has 1 aromatic heterocycles. The molecule has 0 radical (unpaired) electrons. The van der Waals surface area contributed by atoms with E-state index in [4.69, 9.17) is 9.15 Å². The van der Waals surface area contributed by atoms with Crippen molar-refractivity contribution in [2.24, 2.45) is 0 Å². The lowest BCUT2D eigenvalue weighted by Gasteiger charge is -2.15. The number of para-hydroxylation sites is 2. The Morgan fingerprint density at radius 3 is 2.39 bits per heavy atom. The number of fused-ring (bicyclic) bond motifs is 1. The predicted molar refractivity (Wildman–Crippen MR) is 118 cm³/mol. The molecule has 0 saturated carbocycles. The summed E-state index contributed by atoms with van der Waals surface area (Å²) in [7, 11) is 0. The number of anilines is 1. The molecular formula is C25H19NO5. The van der Waals surface area contributed by atoms with Gasteiger partial charge in [-0.3, -0.25) is 4.79 Å². The van der Waals surface area contributed by atoms with E-state index in [2.05, 4.69) is 5.32 Å². The van der Waals surface area contributed by atoms with E-state index >= 15 is 0 Å². The van der Waals surface area contributed by atoms with Crippen molar-refractivity contribution in [3.63, 3.8) is 0 Å². The molecule has 6 nitrogen and oxygen atoms in total. The lowest BCUT2D eigenvalue weighted by molar-refractivity contribution is -0.123. The van der Waals surface area contributed by atoms with Crippen LogP contribution < -0.4 is 10.9 Å². The van der Waals surface area contributed by atoms with Crippen molar-refractivity contribution in [3.8, 4) is 11.1 Å². The molecule has 0 spiro atoms. The number of hydrogen-bond donors (Lipinski definition) is 1. The second-order valence-corrected chi connectivity index (χ2v) is 6.93. The van der Waals surface area contributed by atoms with E-state index < -0.39 is 23.6 Å². The van der Waals surface area contributed by atoms with Gasteiger partial charge in [0, 0.05) is 16.6 Å². The summed E-state index contributed by atoms with van der Waals surface area (Å²) in [6.07, 6.45) is -1.12. The lowest BCUT2D eigenvalue weighted by Crippen LogP contribution is -2.31. The molecule has 0 aliphatic heterocycles. The van der Waals surface area contributed by atoms with E-state index in [1.54, 1.807) is 36.4 Å². The number of esters is 1. The van der Waals surface area contributed by atoms with Gasteiger partial charge in [0.1, 0.15) is 11.1 Å². The van der Waals surface area contributed by atoms with Gasteiger partial charge in [0.2, 0.25) is 0 Å². The van der Waals surface area contributed by atoms with E-state index in [0.29, 0.717) is 16.7 Å². The zero-order valence-corrected chi connectivity index (χ0v) is 16.7. The number of hydrogen-bond acceptors (Lipinski definition) is 5. The normalized spacial score (nSPS) is 11.6. The van der Waals surface area contributed by atoms with E-state index in [9.17, 15) is 14.4 Å². The minimum Gasteiger partial charge on any atom is -0.449 e. The second kappa shape index (κ2) is 8.67. The second-order valence-electron chi connectivity index (χ2n) is 6.93. The number of benzene rings is 3. The molecule has 0 aliphatic rings. The maximum absolute atomic E-state index is 12.7. The third kappa shape index (κ3) is 4.38. The van der Waals surface area contributed by atoms with E-state index in [0.717, 1.165) is 11.1 Å². The number of ether oxygens (including phenoxy) is 1. The van der Waals surface area contributed by atoms with Gasteiger partial charge in [-0.05, 0) is 30.7 Å². The molecule has 0 aliphatic carbocycles. The smallest absolute Gasteiger partial charge is 0.351 e. The standard InChI is InChI=1S/C25H19NO5/c1-16(30-24(28)20-15-18-11-5-8-14-22(18)31-25(20)29)23(27)26-21-13-7-6-12-19(21)17-9-3-2-4-10-17/h2-16H,1H3,(H,26,27)/t16-/m1/s1. The summed E-state index contributed by atoms with van der Waals surface area (Å²) in [4.78, 5) is 37.3. The summed E-state index contributed by atoms with van der Waals surface area (Å²) in [6, 6.07) is 25.2. The summed E-state index contributed by atoms with van der Waals surface area (Å²) in [6.45, 7) is 1.45. The average molecular weight is 413 g/mol. The van der Waals surface area contributed by atoms with Crippen LogP contribution in [0.3, 0.4) is 0 Å². The largest absolute Gasteiger partial charge is 0.449 e. The van der Waals surface area contributed by atoms with Crippen LogP contribution in [0.25, 0.3) is 22.1 Å². The fourth-order valence-corrected chi connectivity index (χ4v) is 3.18. The van der Waals surface area contributed by atoms with Crippen LogP contribution in [0.4, 0.5) is 5.69 Å². The summed E-state index contributed by atoms with van der Waals surface area (Å²) < 4.78 is 10.4. The summed E-state index contributed by atoms with van der Waals surface area (Å²) in [5.41, 5.74) is 1.66. The van der Waals surface area contributed by atoms with E-state index in [-0.39, 0.29) is 5.56 Å². The van der Waals surface area contributed by atoms with Gasteiger partial charge in [0.25, 0.3) is 5.91 Å². The van der Waals surface area contributed by atoms with Crippen LogP contribution in [0.2, 0.25) is 0 Å². The first-order valence-electron chi connectivity index (χ1n) is 9.72. The Kier molecular flexibility index (Phi) is 5.62. The Morgan fingerprint density at radius 1 is 0.903 bits per heavy atom. The van der Waals surface area contributed by atoms with Gasteiger partial charge in [-0.15, -0.1) is 0 Å². The van der Waals surface area contributed by atoms with Crippen LogP contribution in [-0.2, 0) is 9.53 Å². The third-order valence-corrected chi connectivity index (χ3v) is 4.78. The molecule has 1 heterocycles. The molecule has 1 N–H and O–H groups in total. The Morgan fingerprint density at radius 2 is 1.58 bits per heavy atom. The summed E-state index contributed by atoms with van der Waals surface area (Å²) in [5.74, 6) is -1.43. The maximum atomic E-state index is 12.7. The highest BCUT2D eigenvalue weighted by Gasteiger charge is 2.23. The van der Waals surface area contributed by atoms with Crippen molar-refractivity contribution in [2.45, 2.75) is 13.0 Å². The fraction of sp³-hybridized carbons (Fsp3) is 0.0800. The van der Waals surface area contributed by atoms with Crippen LogP contribution in [0.15, 0.2) is 94.1 Å². The average Bonchev–Trinajstić information content (AvgIpc) is 2.79. The molecule has 0 bridgehead atoms. The third-order valence-electron chi connectivity index (χ3n) is 4.78. The predicted octanol–water partition coefficient (Wildman–Crippen LogP) is 4.64. The van der Waals surface area contributed by atoms with Crippen molar-refractivity contribution in [3.05, 3.63) is 101 Å². The van der Waals surface area contributed by atoms with Crippen LogP contribution >= 0.6 is 0 Å². The van der Waals surface area contributed by atoms with Gasteiger partial charge in [-0.25, -0.2) is 9.59 Å². The van der Waals surface area contributed by atoms with Gasteiger partial charge in [-0.2, -0.15) is 0 Å². The molecule has 1 atom stereocenters. The summed E-state index contributed by atoms with van der Waals surface area (Å²) >= 11 is 0.